The van der Waals surface area contributed by atoms with Gasteiger partial charge in [0.05, 0.1) is 6.61 Å². The molecule has 1 saturated carbocycles. The number of benzene rings is 1. The van der Waals surface area contributed by atoms with Crippen LogP contribution in [0.3, 0.4) is 0 Å². The average Bonchev–Trinajstić information content (AvgIpc) is 2.55. The first-order chi connectivity index (χ1) is 10.7. The smallest absolute Gasteiger partial charge is 0.165 e. The Balaban J connectivity index is 1.87. The highest BCUT2D eigenvalue weighted by molar-refractivity contribution is 5.31. The molecule has 0 bridgehead atoms. The molecular formula is C20H31FO. The van der Waals surface area contributed by atoms with Crippen LogP contribution in [0, 0.1) is 11.7 Å². The molecule has 0 amide bonds. The van der Waals surface area contributed by atoms with Gasteiger partial charge >= 0.3 is 0 Å². The Hall–Kier alpha value is -1.05. The van der Waals surface area contributed by atoms with Crippen LogP contribution in [0.2, 0.25) is 0 Å². The molecule has 2 heteroatoms. The van der Waals surface area contributed by atoms with Gasteiger partial charge in [-0.2, -0.15) is 0 Å². The van der Waals surface area contributed by atoms with E-state index < -0.39 is 0 Å². The molecule has 0 radical (unpaired) electrons. The molecule has 124 valence electrons. The first kappa shape index (κ1) is 17.3. The van der Waals surface area contributed by atoms with Gasteiger partial charge in [-0.25, -0.2) is 4.39 Å². The summed E-state index contributed by atoms with van der Waals surface area (Å²) in [7, 11) is 0. The van der Waals surface area contributed by atoms with Gasteiger partial charge in [0.15, 0.2) is 11.6 Å². The quantitative estimate of drug-likeness (QED) is 0.500. The fourth-order valence-corrected chi connectivity index (χ4v) is 3.49. The van der Waals surface area contributed by atoms with E-state index in [2.05, 4.69) is 19.9 Å². The van der Waals surface area contributed by atoms with Crippen molar-refractivity contribution in [1.29, 1.82) is 0 Å². The molecule has 1 aromatic rings. The Morgan fingerprint density at radius 1 is 1.05 bits per heavy atom. The third-order valence-corrected chi connectivity index (χ3v) is 5.00. The van der Waals surface area contributed by atoms with Gasteiger partial charge in [-0.3, -0.25) is 0 Å². The van der Waals surface area contributed by atoms with Gasteiger partial charge in [-0.15, -0.1) is 0 Å². The van der Waals surface area contributed by atoms with Gasteiger partial charge < -0.3 is 4.74 Å². The molecule has 1 nitrogen and oxygen atoms in total. The third kappa shape index (κ3) is 5.00. The number of ether oxygens (including phenoxy) is 1. The first-order valence-corrected chi connectivity index (χ1v) is 9.16. The first-order valence-electron chi connectivity index (χ1n) is 9.16. The molecule has 1 fully saturated rings. The SMILES string of the molecule is CCCCOc1ccc(C2CCC(CCCC)CC2)cc1F. The Morgan fingerprint density at radius 3 is 2.41 bits per heavy atom. The fraction of sp³-hybridized carbons (Fsp3) is 0.700. The minimum atomic E-state index is -0.193. The Bertz CT molecular complexity index is 435. The molecule has 2 rings (SSSR count). The topological polar surface area (TPSA) is 9.23 Å². The number of rotatable bonds is 8. The molecule has 0 saturated heterocycles. The Kier molecular flexibility index (Phi) is 7.21. The molecule has 0 N–H and O–H groups in total. The summed E-state index contributed by atoms with van der Waals surface area (Å²) >= 11 is 0. The zero-order chi connectivity index (χ0) is 15.8. The van der Waals surface area contributed by atoms with E-state index in [9.17, 15) is 4.39 Å². The monoisotopic (exact) mass is 306 g/mol. The standard InChI is InChI=1S/C20H31FO/c1-3-5-7-16-8-10-17(11-9-16)18-12-13-20(19(21)15-18)22-14-6-4-2/h12-13,15-17H,3-11,14H2,1-2H3. The lowest BCUT2D eigenvalue weighted by Crippen LogP contribution is -2.13. The number of halogens is 1. The predicted molar refractivity (Wildman–Crippen MR) is 91.0 cm³/mol. The summed E-state index contributed by atoms with van der Waals surface area (Å²) in [6, 6.07) is 5.60. The van der Waals surface area contributed by atoms with E-state index >= 15 is 0 Å². The lowest BCUT2D eigenvalue weighted by molar-refractivity contribution is 0.291. The highest BCUT2D eigenvalue weighted by atomic mass is 19.1. The fourth-order valence-electron chi connectivity index (χ4n) is 3.49. The van der Waals surface area contributed by atoms with E-state index in [1.165, 1.54) is 44.9 Å². The van der Waals surface area contributed by atoms with Crippen molar-refractivity contribution in [2.24, 2.45) is 5.92 Å². The van der Waals surface area contributed by atoms with Crippen LogP contribution in [0.1, 0.15) is 83.1 Å². The summed E-state index contributed by atoms with van der Waals surface area (Å²) in [6.45, 7) is 4.98. The van der Waals surface area contributed by atoms with Crippen LogP contribution in [0.15, 0.2) is 18.2 Å². The van der Waals surface area contributed by atoms with E-state index in [0.29, 0.717) is 18.3 Å². The number of hydrogen-bond acceptors (Lipinski definition) is 1. The van der Waals surface area contributed by atoms with Crippen molar-refractivity contribution in [2.45, 2.75) is 77.6 Å². The van der Waals surface area contributed by atoms with Gasteiger partial charge in [-0.1, -0.05) is 45.6 Å². The summed E-state index contributed by atoms with van der Waals surface area (Å²) in [5.74, 6) is 1.66. The van der Waals surface area contributed by atoms with E-state index in [4.69, 9.17) is 4.74 Å². The highest BCUT2D eigenvalue weighted by Crippen LogP contribution is 2.38. The second-order valence-electron chi connectivity index (χ2n) is 6.75. The van der Waals surface area contributed by atoms with E-state index in [1.807, 2.05) is 6.07 Å². The summed E-state index contributed by atoms with van der Waals surface area (Å²) in [4.78, 5) is 0. The minimum absolute atomic E-state index is 0.193. The van der Waals surface area contributed by atoms with Gasteiger partial charge in [0, 0.05) is 0 Å². The van der Waals surface area contributed by atoms with Crippen molar-refractivity contribution in [1.82, 2.24) is 0 Å². The largest absolute Gasteiger partial charge is 0.491 e. The van der Waals surface area contributed by atoms with Gasteiger partial charge in [0.25, 0.3) is 0 Å². The lowest BCUT2D eigenvalue weighted by atomic mass is 9.77. The van der Waals surface area contributed by atoms with Crippen molar-refractivity contribution >= 4 is 0 Å². The maximum absolute atomic E-state index is 14.2. The normalized spacial score (nSPS) is 21.8. The van der Waals surface area contributed by atoms with Crippen LogP contribution in [0.5, 0.6) is 5.75 Å². The highest BCUT2D eigenvalue weighted by Gasteiger charge is 2.22. The van der Waals surface area contributed by atoms with E-state index in [-0.39, 0.29) is 5.82 Å². The van der Waals surface area contributed by atoms with Crippen molar-refractivity contribution in [3.8, 4) is 5.75 Å². The predicted octanol–water partition coefficient (Wildman–Crippen LogP) is 6.47. The molecule has 1 aliphatic rings. The maximum Gasteiger partial charge on any atom is 0.165 e. The van der Waals surface area contributed by atoms with Crippen molar-refractivity contribution < 1.29 is 9.13 Å². The van der Waals surface area contributed by atoms with Crippen molar-refractivity contribution in [2.75, 3.05) is 6.61 Å². The van der Waals surface area contributed by atoms with Crippen molar-refractivity contribution in [3.05, 3.63) is 29.6 Å². The molecule has 1 aromatic carbocycles. The Morgan fingerprint density at radius 2 is 1.77 bits per heavy atom. The second-order valence-corrected chi connectivity index (χ2v) is 6.75. The van der Waals surface area contributed by atoms with Crippen LogP contribution >= 0.6 is 0 Å². The zero-order valence-corrected chi connectivity index (χ0v) is 14.2. The maximum atomic E-state index is 14.2. The van der Waals surface area contributed by atoms with Gasteiger partial charge in [0.1, 0.15) is 0 Å². The van der Waals surface area contributed by atoms with Crippen LogP contribution in [-0.4, -0.2) is 6.61 Å². The molecular weight excluding hydrogens is 275 g/mol. The summed E-state index contributed by atoms with van der Waals surface area (Å²) in [5, 5.41) is 0. The number of unbranched alkanes of at least 4 members (excludes halogenated alkanes) is 2. The molecule has 22 heavy (non-hydrogen) atoms. The molecule has 0 aliphatic heterocycles. The summed E-state index contributed by atoms with van der Waals surface area (Å²) in [6.07, 6.45) is 11.1. The molecule has 0 spiro atoms. The molecule has 0 aromatic heterocycles. The van der Waals surface area contributed by atoms with Crippen LogP contribution in [-0.2, 0) is 0 Å². The number of hydrogen-bond donors (Lipinski definition) is 0. The van der Waals surface area contributed by atoms with E-state index in [1.54, 1.807) is 6.07 Å². The molecule has 0 atom stereocenters. The van der Waals surface area contributed by atoms with Crippen LogP contribution in [0.4, 0.5) is 4.39 Å². The van der Waals surface area contributed by atoms with Crippen molar-refractivity contribution in [3.63, 3.8) is 0 Å². The van der Waals surface area contributed by atoms with Crippen LogP contribution in [0.25, 0.3) is 0 Å². The minimum Gasteiger partial charge on any atom is -0.491 e. The molecule has 0 unspecified atom stereocenters. The third-order valence-electron chi connectivity index (χ3n) is 5.00. The molecule has 0 heterocycles. The average molecular weight is 306 g/mol. The van der Waals surface area contributed by atoms with Gasteiger partial charge in [-0.05, 0) is 61.6 Å². The Labute approximate surface area is 135 Å². The summed E-state index contributed by atoms with van der Waals surface area (Å²) in [5.41, 5.74) is 1.16. The second kappa shape index (κ2) is 9.17. The van der Waals surface area contributed by atoms with Crippen LogP contribution < -0.4 is 4.74 Å². The zero-order valence-electron chi connectivity index (χ0n) is 14.2. The lowest BCUT2D eigenvalue weighted by Gasteiger charge is -2.29. The van der Waals surface area contributed by atoms with Gasteiger partial charge in [0.2, 0.25) is 0 Å². The summed E-state index contributed by atoms with van der Waals surface area (Å²) < 4.78 is 19.7. The van der Waals surface area contributed by atoms with E-state index in [0.717, 1.165) is 24.3 Å². The molecule has 1 aliphatic carbocycles.